The van der Waals surface area contributed by atoms with Gasteiger partial charge in [-0.2, -0.15) is 0 Å². The number of benzene rings is 1. The van der Waals surface area contributed by atoms with E-state index in [1.807, 2.05) is 6.92 Å². The first kappa shape index (κ1) is 18.6. The number of aromatic nitrogens is 3. The van der Waals surface area contributed by atoms with Crippen LogP contribution < -0.4 is 15.0 Å². The molecule has 1 aliphatic heterocycles. The van der Waals surface area contributed by atoms with E-state index in [0.717, 1.165) is 6.07 Å². The normalized spacial score (nSPS) is 14.7. The number of imidazole rings is 1. The third-order valence-corrected chi connectivity index (χ3v) is 4.43. The van der Waals surface area contributed by atoms with Gasteiger partial charge in [0.1, 0.15) is 17.3 Å². The van der Waals surface area contributed by atoms with E-state index in [1.165, 1.54) is 18.5 Å². The van der Waals surface area contributed by atoms with Crippen LogP contribution in [0.5, 0.6) is 5.88 Å². The Morgan fingerprint density at radius 3 is 2.66 bits per heavy atom. The monoisotopic (exact) mass is 396 g/mol. The van der Waals surface area contributed by atoms with Crippen molar-refractivity contribution in [3.05, 3.63) is 71.8 Å². The number of aromatic amines is 1. The zero-order valence-electron chi connectivity index (χ0n) is 15.8. The largest absolute Gasteiger partial charge is 0.481 e. The Balaban J connectivity index is 1.77. The maximum atomic E-state index is 13.7. The van der Waals surface area contributed by atoms with Gasteiger partial charge in [-0.15, -0.1) is 0 Å². The molecule has 29 heavy (non-hydrogen) atoms. The lowest BCUT2D eigenvalue weighted by molar-refractivity contribution is 0.397. The Hall–Kier alpha value is -3.75. The van der Waals surface area contributed by atoms with Gasteiger partial charge in [-0.1, -0.05) is 6.58 Å². The average molecular weight is 396 g/mol. The number of pyridine rings is 1. The van der Waals surface area contributed by atoms with Gasteiger partial charge < -0.3 is 15.0 Å². The molecule has 0 fully saturated rings. The number of aliphatic imine (C=N–C) groups is 1. The molecule has 0 atom stereocenters. The average Bonchev–Trinajstić information content (AvgIpc) is 3.16. The van der Waals surface area contributed by atoms with Crippen molar-refractivity contribution in [2.24, 2.45) is 4.99 Å². The highest BCUT2D eigenvalue weighted by molar-refractivity contribution is 6.06. The number of nitrogens with one attached hydrogen (secondary N) is 2. The first-order chi connectivity index (χ1) is 13.9. The number of H-pyrrole nitrogens is 1. The van der Waals surface area contributed by atoms with E-state index in [9.17, 15) is 8.78 Å². The fourth-order valence-corrected chi connectivity index (χ4v) is 3.08. The number of hydrogen-bond acceptors (Lipinski definition) is 4. The summed E-state index contributed by atoms with van der Waals surface area (Å²) < 4.78 is 32.5. The van der Waals surface area contributed by atoms with Crippen molar-refractivity contribution in [2.45, 2.75) is 13.5 Å². The van der Waals surface area contributed by atoms with Crippen LogP contribution in [0.4, 0.5) is 20.3 Å². The Kier molecular flexibility index (Phi) is 4.71. The Labute approximate surface area is 165 Å². The molecule has 3 aromatic rings. The van der Waals surface area contributed by atoms with Gasteiger partial charge in [0.25, 0.3) is 0 Å². The van der Waals surface area contributed by atoms with E-state index in [0.29, 0.717) is 46.0 Å². The second-order valence-electron chi connectivity index (χ2n) is 6.46. The molecule has 0 saturated heterocycles. The first-order valence-electron chi connectivity index (χ1n) is 8.77. The molecule has 0 unspecified atom stereocenters. The Morgan fingerprint density at radius 1 is 1.21 bits per heavy atom. The lowest BCUT2D eigenvalue weighted by Crippen LogP contribution is -2.44. The van der Waals surface area contributed by atoms with E-state index in [-0.39, 0.29) is 6.54 Å². The summed E-state index contributed by atoms with van der Waals surface area (Å²) in [6.07, 6.45) is 1.53. The summed E-state index contributed by atoms with van der Waals surface area (Å²) in [4.78, 5) is 18.0. The van der Waals surface area contributed by atoms with Crippen LogP contribution >= 0.6 is 0 Å². The van der Waals surface area contributed by atoms with E-state index in [1.54, 1.807) is 24.1 Å². The molecule has 0 spiro atoms. The molecule has 1 aromatic carbocycles. The standard InChI is InChI=1S/C20H18F2N6O/c1-11-16(4-5-17(25-11)29-3)27-20-26-12(2)18-19(24-10-23-18)28(20)9-13-6-14(21)8-15(22)7-13/h4-8,10H,2,9H2,1,3H3,(H,23,24)(H,26,27). The fourth-order valence-electron chi connectivity index (χ4n) is 3.08. The highest BCUT2D eigenvalue weighted by Crippen LogP contribution is 2.30. The summed E-state index contributed by atoms with van der Waals surface area (Å²) in [5.74, 6) is 0.149. The van der Waals surface area contributed by atoms with Crippen molar-refractivity contribution in [1.82, 2.24) is 20.3 Å². The van der Waals surface area contributed by atoms with Crippen LogP contribution in [0.2, 0.25) is 0 Å². The van der Waals surface area contributed by atoms with Crippen molar-refractivity contribution < 1.29 is 13.5 Å². The van der Waals surface area contributed by atoms with Gasteiger partial charge in [-0.3, -0.25) is 4.90 Å². The van der Waals surface area contributed by atoms with Gasteiger partial charge in [-0.25, -0.2) is 23.7 Å². The Bertz CT molecular complexity index is 1100. The number of hydrogen-bond donors (Lipinski definition) is 2. The second kappa shape index (κ2) is 7.34. The number of guanidine groups is 1. The molecule has 0 amide bonds. The van der Waals surface area contributed by atoms with E-state index in [4.69, 9.17) is 4.74 Å². The van der Waals surface area contributed by atoms with Gasteiger partial charge in [0.15, 0.2) is 5.82 Å². The minimum absolute atomic E-state index is 0.147. The van der Waals surface area contributed by atoms with Crippen LogP contribution in [0.25, 0.3) is 5.70 Å². The molecule has 7 nitrogen and oxygen atoms in total. The minimum atomic E-state index is -0.648. The number of aryl methyl sites for hydroxylation is 1. The maximum Gasteiger partial charge on any atom is 0.213 e. The molecule has 9 heteroatoms. The van der Waals surface area contributed by atoms with Crippen LogP contribution in [0, 0.1) is 18.6 Å². The number of rotatable bonds is 4. The lowest BCUT2D eigenvalue weighted by Gasteiger charge is -2.31. The van der Waals surface area contributed by atoms with E-state index in [2.05, 4.69) is 31.8 Å². The van der Waals surface area contributed by atoms with Gasteiger partial charge >= 0.3 is 0 Å². The highest BCUT2D eigenvalue weighted by Gasteiger charge is 2.28. The highest BCUT2D eigenvalue weighted by atomic mass is 19.1. The van der Waals surface area contributed by atoms with E-state index < -0.39 is 11.6 Å². The van der Waals surface area contributed by atoms with Crippen molar-refractivity contribution in [3.63, 3.8) is 0 Å². The summed E-state index contributed by atoms with van der Waals surface area (Å²) in [5.41, 5.74) is 2.95. The molecule has 2 N–H and O–H groups in total. The van der Waals surface area contributed by atoms with Gasteiger partial charge in [0.2, 0.25) is 11.8 Å². The lowest BCUT2D eigenvalue weighted by atomic mass is 10.1. The predicted octanol–water partition coefficient (Wildman–Crippen LogP) is 3.67. The third-order valence-electron chi connectivity index (χ3n) is 4.43. The molecule has 148 valence electrons. The number of fused-ring (bicyclic) bond motifs is 1. The summed E-state index contributed by atoms with van der Waals surface area (Å²) >= 11 is 0. The molecule has 1 aliphatic rings. The predicted molar refractivity (Wildman–Crippen MR) is 106 cm³/mol. The summed E-state index contributed by atoms with van der Waals surface area (Å²) in [6.45, 7) is 5.95. The topological polar surface area (TPSA) is 78.4 Å². The molecule has 0 bridgehead atoms. The molecule has 0 aliphatic carbocycles. The van der Waals surface area contributed by atoms with Crippen LogP contribution in [0.3, 0.4) is 0 Å². The van der Waals surface area contributed by atoms with Crippen molar-refractivity contribution in [3.8, 4) is 5.88 Å². The number of ether oxygens (including phenoxy) is 1. The van der Waals surface area contributed by atoms with Crippen molar-refractivity contribution in [2.75, 3.05) is 12.0 Å². The van der Waals surface area contributed by atoms with Gasteiger partial charge in [-0.05, 0) is 30.7 Å². The molecule has 0 saturated carbocycles. The fraction of sp³-hybridized carbons (Fsp3) is 0.150. The van der Waals surface area contributed by atoms with Crippen LogP contribution in [-0.2, 0) is 6.54 Å². The summed E-state index contributed by atoms with van der Waals surface area (Å²) in [6, 6.07) is 6.86. The number of halogens is 2. The second-order valence-corrected chi connectivity index (χ2v) is 6.46. The third kappa shape index (κ3) is 3.66. The van der Waals surface area contributed by atoms with Gasteiger partial charge in [0, 0.05) is 12.1 Å². The molecule has 2 aromatic heterocycles. The quantitative estimate of drug-likeness (QED) is 0.704. The first-order valence-corrected chi connectivity index (χ1v) is 8.77. The molecule has 3 heterocycles. The molecular formula is C20H18F2N6O. The summed E-state index contributed by atoms with van der Waals surface area (Å²) in [7, 11) is 1.54. The van der Waals surface area contributed by atoms with Crippen LogP contribution in [-0.4, -0.2) is 28.0 Å². The smallest absolute Gasteiger partial charge is 0.213 e. The SMILES string of the molecule is C=C1NC(=Nc2ccc(OC)nc2C)N(Cc2cc(F)cc(F)c2)c2nc[nH]c21. The van der Waals surface area contributed by atoms with Gasteiger partial charge in [0.05, 0.1) is 37.1 Å². The van der Waals surface area contributed by atoms with E-state index >= 15 is 0 Å². The number of nitrogens with zero attached hydrogens (tertiary/aromatic N) is 4. The Morgan fingerprint density at radius 2 is 1.97 bits per heavy atom. The maximum absolute atomic E-state index is 13.7. The minimum Gasteiger partial charge on any atom is -0.481 e. The molecule has 0 radical (unpaired) electrons. The van der Waals surface area contributed by atoms with Crippen LogP contribution in [0.15, 0.2) is 48.2 Å². The molecular weight excluding hydrogens is 378 g/mol. The van der Waals surface area contributed by atoms with Crippen molar-refractivity contribution >= 4 is 23.2 Å². The van der Waals surface area contributed by atoms with Crippen LogP contribution in [0.1, 0.15) is 17.0 Å². The molecule has 4 rings (SSSR count). The van der Waals surface area contributed by atoms with Crippen molar-refractivity contribution in [1.29, 1.82) is 0 Å². The number of methoxy groups -OCH3 is 1. The zero-order valence-corrected chi connectivity index (χ0v) is 15.8. The number of anilines is 1. The summed E-state index contributed by atoms with van der Waals surface area (Å²) in [5, 5.41) is 3.13. The zero-order chi connectivity index (χ0) is 20.5.